The summed E-state index contributed by atoms with van der Waals surface area (Å²) in [6.45, 7) is 4.29. The van der Waals surface area contributed by atoms with Crippen LogP contribution in [-0.4, -0.2) is 47.8 Å². The first-order chi connectivity index (χ1) is 11.6. The van der Waals surface area contributed by atoms with Crippen molar-refractivity contribution in [2.45, 2.75) is 51.9 Å². The van der Waals surface area contributed by atoms with Gasteiger partial charge in [-0.2, -0.15) is 0 Å². The van der Waals surface area contributed by atoms with Crippen molar-refractivity contribution >= 4 is 11.8 Å². The second-order valence-corrected chi connectivity index (χ2v) is 7.05. The van der Waals surface area contributed by atoms with Crippen molar-refractivity contribution in [2.24, 2.45) is 0 Å². The number of amides is 2. The minimum Gasteiger partial charge on any atom is -0.339 e. The van der Waals surface area contributed by atoms with Gasteiger partial charge in [0.05, 0.1) is 0 Å². The Bertz CT molecular complexity index is 604. The molecule has 1 aromatic carbocycles. The van der Waals surface area contributed by atoms with Crippen molar-refractivity contribution in [3.8, 4) is 0 Å². The highest BCUT2D eigenvalue weighted by atomic mass is 16.2. The van der Waals surface area contributed by atoms with E-state index in [2.05, 4.69) is 18.2 Å². The van der Waals surface area contributed by atoms with E-state index in [9.17, 15) is 9.59 Å². The zero-order chi connectivity index (χ0) is 16.9. The van der Waals surface area contributed by atoms with Crippen LogP contribution in [0.15, 0.2) is 18.2 Å². The van der Waals surface area contributed by atoms with E-state index in [0.717, 1.165) is 12.8 Å². The van der Waals surface area contributed by atoms with E-state index in [1.807, 2.05) is 9.80 Å². The Morgan fingerprint density at radius 1 is 0.958 bits per heavy atom. The molecule has 0 bridgehead atoms. The van der Waals surface area contributed by atoms with Gasteiger partial charge in [0, 0.05) is 39.5 Å². The number of carbonyl (C=O) groups is 2. The van der Waals surface area contributed by atoms with Crippen molar-refractivity contribution in [3.63, 3.8) is 0 Å². The number of hydrogen-bond donors (Lipinski definition) is 0. The maximum atomic E-state index is 12.3. The maximum absolute atomic E-state index is 12.3. The molecule has 24 heavy (non-hydrogen) atoms. The normalized spacial score (nSPS) is 17.5. The van der Waals surface area contributed by atoms with Gasteiger partial charge in [0.2, 0.25) is 11.8 Å². The Morgan fingerprint density at radius 2 is 1.62 bits per heavy atom. The molecule has 0 saturated carbocycles. The molecule has 2 aliphatic rings. The van der Waals surface area contributed by atoms with Gasteiger partial charge < -0.3 is 9.80 Å². The molecule has 0 unspecified atom stereocenters. The fourth-order valence-corrected chi connectivity index (χ4v) is 3.81. The van der Waals surface area contributed by atoms with E-state index in [-0.39, 0.29) is 11.8 Å². The van der Waals surface area contributed by atoms with Gasteiger partial charge in [0.25, 0.3) is 0 Å². The Labute approximate surface area is 144 Å². The topological polar surface area (TPSA) is 40.6 Å². The lowest BCUT2D eigenvalue weighted by atomic mass is 9.89. The second-order valence-electron chi connectivity index (χ2n) is 7.05. The molecule has 0 spiro atoms. The average molecular weight is 328 g/mol. The molecule has 4 nitrogen and oxygen atoms in total. The lowest BCUT2D eigenvalue weighted by molar-refractivity contribution is -0.138. The van der Waals surface area contributed by atoms with Crippen LogP contribution < -0.4 is 0 Å². The minimum absolute atomic E-state index is 0.106. The first-order valence-corrected chi connectivity index (χ1v) is 9.27. The van der Waals surface area contributed by atoms with E-state index >= 15 is 0 Å². The Morgan fingerprint density at radius 3 is 2.33 bits per heavy atom. The standard InChI is InChI=1S/C20H28N2O2/c1-16(23)21-11-13-22(14-12-21)20(24)8-4-5-17-9-10-18-6-2-3-7-19(18)15-17/h9-10,15H,2-8,11-14H2,1H3. The van der Waals surface area contributed by atoms with E-state index < -0.39 is 0 Å². The fraction of sp³-hybridized carbons (Fsp3) is 0.600. The number of hydrogen-bond acceptors (Lipinski definition) is 2. The van der Waals surface area contributed by atoms with Gasteiger partial charge in [-0.25, -0.2) is 0 Å². The van der Waals surface area contributed by atoms with Crippen molar-refractivity contribution in [3.05, 3.63) is 34.9 Å². The predicted octanol–water partition coefficient (Wildman–Crippen LogP) is 2.58. The molecule has 0 aromatic heterocycles. The highest BCUT2D eigenvalue weighted by Gasteiger charge is 2.21. The minimum atomic E-state index is 0.106. The van der Waals surface area contributed by atoms with Crippen LogP contribution in [0.25, 0.3) is 0 Å². The van der Waals surface area contributed by atoms with E-state index in [1.165, 1.54) is 42.4 Å². The third-order valence-electron chi connectivity index (χ3n) is 5.35. The zero-order valence-corrected chi connectivity index (χ0v) is 14.7. The SMILES string of the molecule is CC(=O)N1CCN(C(=O)CCCc2ccc3c(c2)CCCC3)CC1. The van der Waals surface area contributed by atoms with E-state index in [1.54, 1.807) is 6.92 Å². The van der Waals surface area contributed by atoms with Gasteiger partial charge in [-0.3, -0.25) is 9.59 Å². The Hall–Kier alpha value is -1.84. The van der Waals surface area contributed by atoms with E-state index in [4.69, 9.17) is 0 Å². The molecule has 1 fully saturated rings. The molecule has 0 N–H and O–H groups in total. The van der Waals surface area contributed by atoms with Gasteiger partial charge >= 0.3 is 0 Å². The monoisotopic (exact) mass is 328 g/mol. The number of nitrogens with zero attached hydrogens (tertiary/aromatic N) is 2. The van der Waals surface area contributed by atoms with Gasteiger partial charge in [0.15, 0.2) is 0 Å². The predicted molar refractivity (Wildman–Crippen MR) is 94.9 cm³/mol. The molecule has 130 valence electrons. The number of fused-ring (bicyclic) bond motifs is 1. The van der Waals surface area contributed by atoms with Crippen molar-refractivity contribution in [2.75, 3.05) is 26.2 Å². The number of piperazine rings is 1. The molecule has 0 radical (unpaired) electrons. The van der Waals surface area contributed by atoms with Crippen molar-refractivity contribution in [1.29, 1.82) is 0 Å². The summed E-state index contributed by atoms with van der Waals surface area (Å²) in [5.41, 5.74) is 4.40. The number of rotatable bonds is 4. The maximum Gasteiger partial charge on any atom is 0.222 e. The first-order valence-electron chi connectivity index (χ1n) is 9.27. The molecule has 1 saturated heterocycles. The summed E-state index contributed by atoms with van der Waals surface area (Å²) in [6.07, 6.45) is 7.55. The largest absolute Gasteiger partial charge is 0.339 e. The Balaban J connectivity index is 1.43. The fourth-order valence-electron chi connectivity index (χ4n) is 3.81. The molecule has 2 amide bonds. The third kappa shape index (κ3) is 4.16. The molecule has 1 aliphatic heterocycles. The summed E-state index contributed by atoms with van der Waals surface area (Å²) < 4.78 is 0. The molecule has 1 aliphatic carbocycles. The van der Waals surface area contributed by atoms with Gasteiger partial charge in [-0.05, 0) is 55.2 Å². The summed E-state index contributed by atoms with van der Waals surface area (Å²) in [6, 6.07) is 6.87. The van der Waals surface area contributed by atoms with Crippen LogP contribution >= 0.6 is 0 Å². The van der Waals surface area contributed by atoms with E-state index in [0.29, 0.717) is 32.6 Å². The quantitative estimate of drug-likeness (QED) is 0.852. The molecule has 4 heteroatoms. The highest BCUT2D eigenvalue weighted by Crippen LogP contribution is 2.23. The molecular formula is C20H28N2O2. The smallest absolute Gasteiger partial charge is 0.222 e. The summed E-state index contributed by atoms with van der Waals surface area (Å²) in [4.78, 5) is 27.4. The lowest BCUT2D eigenvalue weighted by Crippen LogP contribution is -2.50. The molecule has 1 aromatic rings. The molecule has 3 rings (SSSR count). The highest BCUT2D eigenvalue weighted by molar-refractivity contribution is 5.77. The third-order valence-corrected chi connectivity index (χ3v) is 5.35. The van der Waals surface area contributed by atoms with Crippen LogP contribution in [0.2, 0.25) is 0 Å². The summed E-state index contributed by atoms with van der Waals surface area (Å²) in [5, 5.41) is 0. The summed E-state index contributed by atoms with van der Waals surface area (Å²) in [7, 11) is 0. The lowest BCUT2D eigenvalue weighted by Gasteiger charge is -2.34. The number of aryl methyl sites for hydroxylation is 3. The van der Waals surface area contributed by atoms with Crippen LogP contribution in [-0.2, 0) is 28.9 Å². The summed E-state index contributed by atoms with van der Waals surface area (Å²) in [5.74, 6) is 0.339. The number of benzene rings is 1. The van der Waals surface area contributed by atoms with Gasteiger partial charge in [-0.1, -0.05) is 18.2 Å². The Kier molecular flexibility index (Phi) is 5.54. The van der Waals surface area contributed by atoms with Crippen molar-refractivity contribution in [1.82, 2.24) is 9.80 Å². The molecular weight excluding hydrogens is 300 g/mol. The average Bonchev–Trinajstić information content (AvgIpc) is 2.61. The van der Waals surface area contributed by atoms with Gasteiger partial charge in [-0.15, -0.1) is 0 Å². The molecule has 0 atom stereocenters. The van der Waals surface area contributed by atoms with Crippen LogP contribution in [0.4, 0.5) is 0 Å². The van der Waals surface area contributed by atoms with Crippen LogP contribution in [0.3, 0.4) is 0 Å². The van der Waals surface area contributed by atoms with Crippen LogP contribution in [0, 0.1) is 0 Å². The second kappa shape index (κ2) is 7.82. The zero-order valence-electron chi connectivity index (χ0n) is 14.7. The van der Waals surface area contributed by atoms with Gasteiger partial charge in [0.1, 0.15) is 0 Å². The first kappa shape index (κ1) is 17.0. The van der Waals surface area contributed by atoms with Crippen LogP contribution in [0.1, 0.15) is 49.3 Å². The van der Waals surface area contributed by atoms with Crippen molar-refractivity contribution < 1.29 is 9.59 Å². The number of carbonyl (C=O) groups excluding carboxylic acids is 2. The molecule has 1 heterocycles. The summed E-state index contributed by atoms with van der Waals surface area (Å²) >= 11 is 0. The van der Waals surface area contributed by atoms with Crippen LogP contribution in [0.5, 0.6) is 0 Å².